The predicted octanol–water partition coefficient (Wildman–Crippen LogP) is 3.06. The van der Waals surface area contributed by atoms with Gasteiger partial charge in [0.15, 0.2) is 0 Å². The van der Waals surface area contributed by atoms with Crippen LogP contribution in [0.3, 0.4) is 0 Å². The van der Waals surface area contributed by atoms with E-state index in [-0.39, 0.29) is 0 Å². The fourth-order valence-electron chi connectivity index (χ4n) is 2.56. The van der Waals surface area contributed by atoms with Gasteiger partial charge < -0.3 is 9.47 Å². The minimum Gasteiger partial charge on any atom is -0.497 e. The number of allylic oxidation sites excluding steroid dienone is 2. The maximum Gasteiger partial charge on any atom is 0.118 e. The molecule has 3 rings (SSSR count). The maximum absolute atomic E-state index is 5.55. The Bertz CT molecular complexity index is 468. The van der Waals surface area contributed by atoms with Crippen LogP contribution in [0, 0.1) is 5.92 Å². The molecule has 0 aromatic heterocycles. The van der Waals surface area contributed by atoms with Crippen molar-refractivity contribution in [1.82, 2.24) is 0 Å². The van der Waals surface area contributed by atoms with E-state index in [2.05, 4.69) is 24.3 Å². The quantitative estimate of drug-likeness (QED) is 0.724. The summed E-state index contributed by atoms with van der Waals surface area (Å²) in [5, 5.41) is 0. The standard InChI is InChI=1S/C15H16O2/c1-16-13-7-5-11(6-8-13)14-4-2-3-12-9-17-10-15(12)14/h2-3,5-8,12H,4,9-10H2,1H3. The van der Waals surface area contributed by atoms with Crippen LogP contribution in [0.2, 0.25) is 0 Å². The van der Waals surface area contributed by atoms with Gasteiger partial charge in [-0.05, 0) is 35.3 Å². The number of hydrogen-bond acceptors (Lipinski definition) is 2. The van der Waals surface area contributed by atoms with Crippen LogP contribution < -0.4 is 4.74 Å². The molecule has 2 heteroatoms. The van der Waals surface area contributed by atoms with Crippen LogP contribution in [0.25, 0.3) is 5.57 Å². The molecule has 0 spiro atoms. The third-order valence-electron chi connectivity index (χ3n) is 3.52. The molecule has 17 heavy (non-hydrogen) atoms. The first-order valence-corrected chi connectivity index (χ1v) is 5.99. The van der Waals surface area contributed by atoms with Gasteiger partial charge in [-0.2, -0.15) is 0 Å². The molecule has 1 aromatic carbocycles. The highest BCUT2D eigenvalue weighted by Crippen LogP contribution is 2.36. The molecule has 2 aliphatic rings. The van der Waals surface area contributed by atoms with Gasteiger partial charge in [0, 0.05) is 5.92 Å². The molecule has 1 atom stereocenters. The molecular weight excluding hydrogens is 212 g/mol. The molecule has 0 bridgehead atoms. The fraction of sp³-hybridized carbons (Fsp3) is 0.333. The lowest BCUT2D eigenvalue weighted by atomic mass is 9.86. The van der Waals surface area contributed by atoms with Crippen molar-refractivity contribution in [2.75, 3.05) is 20.3 Å². The maximum atomic E-state index is 5.55. The summed E-state index contributed by atoms with van der Waals surface area (Å²) in [6.45, 7) is 1.63. The lowest BCUT2D eigenvalue weighted by molar-refractivity contribution is 0.195. The van der Waals surface area contributed by atoms with Gasteiger partial charge in [-0.25, -0.2) is 0 Å². The van der Waals surface area contributed by atoms with E-state index in [0.717, 1.165) is 25.4 Å². The smallest absolute Gasteiger partial charge is 0.118 e. The zero-order chi connectivity index (χ0) is 11.7. The van der Waals surface area contributed by atoms with Crippen LogP contribution in [0.1, 0.15) is 12.0 Å². The monoisotopic (exact) mass is 228 g/mol. The Morgan fingerprint density at radius 2 is 2.06 bits per heavy atom. The summed E-state index contributed by atoms with van der Waals surface area (Å²) < 4.78 is 10.7. The van der Waals surface area contributed by atoms with Crippen molar-refractivity contribution >= 4 is 5.57 Å². The number of ether oxygens (including phenoxy) is 2. The van der Waals surface area contributed by atoms with E-state index in [1.807, 2.05) is 12.1 Å². The summed E-state index contributed by atoms with van der Waals surface area (Å²) in [6.07, 6.45) is 5.54. The molecule has 1 aliphatic heterocycles. The minimum absolute atomic E-state index is 0.501. The average molecular weight is 228 g/mol. The van der Waals surface area contributed by atoms with Gasteiger partial charge in [0.1, 0.15) is 5.75 Å². The second-order valence-electron chi connectivity index (χ2n) is 4.49. The second-order valence-corrected chi connectivity index (χ2v) is 4.49. The summed E-state index contributed by atoms with van der Waals surface area (Å²) in [5.41, 5.74) is 4.18. The van der Waals surface area contributed by atoms with Crippen LogP contribution in [-0.4, -0.2) is 20.3 Å². The van der Waals surface area contributed by atoms with E-state index in [1.165, 1.54) is 16.7 Å². The van der Waals surface area contributed by atoms with Crippen LogP contribution in [0.15, 0.2) is 42.0 Å². The predicted molar refractivity (Wildman–Crippen MR) is 68.0 cm³/mol. The average Bonchev–Trinajstić information content (AvgIpc) is 2.87. The summed E-state index contributed by atoms with van der Waals surface area (Å²) in [4.78, 5) is 0. The van der Waals surface area contributed by atoms with Gasteiger partial charge in [-0.15, -0.1) is 0 Å². The molecule has 1 heterocycles. The summed E-state index contributed by atoms with van der Waals surface area (Å²) >= 11 is 0. The van der Waals surface area contributed by atoms with Crippen molar-refractivity contribution in [3.8, 4) is 5.75 Å². The molecule has 1 saturated heterocycles. The molecule has 1 aromatic rings. The normalized spacial score (nSPS) is 22.8. The molecule has 1 aliphatic carbocycles. The number of hydrogen-bond donors (Lipinski definition) is 0. The first kappa shape index (κ1) is 10.6. The highest BCUT2D eigenvalue weighted by molar-refractivity contribution is 5.72. The van der Waals surface area contributed by atoms with Gasteiger partial charge in [0.2, 0.25) is 0 Å². The number of methoxy groups -OCH3 is 1. The van der Waals surface area contributed by atoms with E-state index < -0.39 is 0 Å². The summed E-state index contributed by atoms with van der Waals surface area (Å²) in [5.74, 6) is 1.41. The first-order chi connectivity index (χ1) is 8.38. The Balaban J connectivity index is 1.97. The van der Waals surface area contributed by atoms with E-state index >= 15 is 0 Å². The highest BCUT2D eigenvalue weighted by Gasteiger charge is 2.25. The number of benzene rings is 1. The highest BCUT2D eigenvalue weighted by atomic mass is 16.5. The van der Waals surface area contributed by atoms with E-state index in [1.54, 1.807) is 7.11 Å². The van der Waals surface area contributed by atoms with Gasteiger partial charge in [0.05, 0.1) is 20.3 Å². The van der Waals surface area contributed by atoms with Crippen molar-refractivity contribution in [2.24, 2.45) is 5.92 Å². The third kappa shape index (κ3) is 1.89. The molecule has 0 amide bonds. The topological polar surface area (TPSA) is 18.5 Å². The van der Waals surface area contributed by atoms with Crippen molar-refractivity contribution in [3.63, 3.8) is 0 Å². The molecule has 0 saturated carbocycles. The number of rotatable bonds is 2. The lowest BCUT2D eigenvalue weighted by Crippen LogP contribution is -2.05. The van der Waals surface area contributed by atoms with Crippen molar-refractivity contribution in [3.05, 3.63) is 47.6 Å². The second kappa shape index (κ2) is 4.38. The summed E-state index contributed by atoms with van der Waals surface area (Å²) in [7, 11) is 1.70. The van der Waals surface area contributed by atoms with Crippen molar-refractivity contribution in [2.45, 2.75) is 6.42 Å². The molecule has 0 radical (unpaired) electrons. The Labute approximate surface area is 102 Å². The Hall–Kier alpha value is -1.54. The molecule has 0 N–H and O–H groups in total. The minimum atomic E-state index is 0.501. The first-order valence-electron chi connectivity index (χ1n) is 5.99. The van der Waals surface area contributed by atoms with Crippen LogP contribution in [0.5, 0.6) is 5.75 Å². The largest absolute Gasteiger partial charge is 0.497 e. The van der Waals surface area contributed by atoms with Gasteiger partial charge in [0.25, 0.3) is 0 Å². The molecule has 1 fully saturated rings. The van der Waals surface area contributed by atoms with Crippen molar-refractivity contribution in [1.29, 1.82) is 0 Å². The zero-order valence-electron chi connectivity index (χ0n) is 9.98. The lowest BCUT2D eigenvalue weighted by Gasteiger charge is -2.17. The zero-order valence-corrected chi connectivity index (χ0v) is 9.98. The van der Waals surface area contributed by atoms with Crippen LogP contribution in [-0.2, 0) is 4.74 Å². The third-order valence-corrected chi connectivity index (χ3v) is 3.52. The van der Waals surface area contributed by atoms with Crippen LogP contribution in [0.4, 0.5) is 0 Å². The van der Waals surface area contributed by atoms with Crippen LogP contribution >= 0.6 is 0 Å². The Morgan fingerprint density at radius 3 is 2.82 bits per heavy atom. The Morgan fingerprint density at radius 1 is 1.24 bits per heavy atom. The molecule has 88 valence electrons. The molecule has 1 unspecified atom stereocenters. The van der Waals surface area contributed by atoms with Gasteiger partial charge >= 0.3 is 0 Å². The Kier molecular flexibility index (Phi) is 2.73. The van der Waals surface area contributed by atoms with E-state index in [4.69, 9.17) is 9.47 Å². The van der Waals surface area contributed by atoms with Crippen molar-refractivity contribution < 1.29 is 9.47 Å². The number of fused-ring (bicyclic) bond motifs is 1. The van der Waals surface area contributed by atoms with Gasteiger partial charge in [-0.1, -0.05) is 24.3 Å². The molecule has 2 nitrogen and oxygen atoms in total. The van der Waals surface area contributed by atoms with Gasteiger partial charge in [-0.3, -0.25) is 0 Å². The van der Waals surface area contributed by atoms with E-state index in [0.29, 0.717) is 5.92 Å². The SMILES string of the molecule is COc1ccc(C2=C3COCC3C=CC2)cc1. The summed E-state index contributed by atoms with van der Waals surface area (Å²) in [6, 6.07) is 8.31. The fourth-order valence-corrected chi connectivity index (χ4v) is 2.56. The molecular formula is C15H16O2. The van der Waals surface area contributed by atoms with E-state index in [9.17, 15) is 0 Å².